The summed E-state index contributed by atoms with van der Waals surface area (Å²) >= 11 is 0. The molecular formula is C13H20N2O. The predicted octanol–water partition coefficient (Wildman–Crippen LogP) is 2.08. The Hall–Kier alpha value is -0.930. The van der Waals surface area contributed by atoms with Crippen molar-refractivity contribution in [2.75, 3.05) is 19.7 Å². The van der Waals surface area contributed by atoms with Crippen LogP contribution in [0.4, 0.5) is 0 Å². The highest BCUT2D eigenvalue weighted by atomic mass is 16.5. The summed E-state index contributed by atoms with van der Waals surface area (Å²) < 4.78 is 5.69. The van der Waals surface area contributed by atoms with E-state index < -0.39 is 0 Å². The smallest absolute Gasteiger partial charge is 0.0702 e. The average Bonchev–Trinajstić information content (AvgIpc) is 2.31. The van der Waals surface area contributed by atoms with Crippen LogP contribution in [0.2, 0.25) is 0 Å². The molecule has 1 fully saturated rings. The normalized spacial score (nSPS) is 22.2. The molecule has 2 rings (SSSR count). The SMILES string of the molecule is CCOC1CCCN(Cc2ccccn2)C1. The molecule has 2 heterocycles. The molecule has 1 aromatic rings. The van der Waals surface area contributed by atoms with Crippen molar-refractivity contribution < 1.29 is 4.74 Å². The molecule has 0 N–H and O–H groups in total. The Morgan fingerprint density at radius 2 is 2.44 bits per heavy atom. The Morgan fingerprint density at radius 3 is 3.19 bits per heavy atom. The van der Waals surface area contributed by atoms with Gasteiger partial charge in [0.25, 0.3) is 0 Å². The Kier molecular flexibility index (Phi) is 4.31. The van der Waals surface area contributed by atoms with Gasteiger partial charge in [-0.15, -0.1) is 0 Å². The van der Waals surface area contributed by atoms with Gasteiger partial charge in [0.1, 0.15) is 0 Å². The van der Waals surface area contributed by atoms with Gasteiger partial charge in [-0.05, 0) is 38.4 Å². The maximum absolute atomic E-state index is 5.69. The van der Waals surface area contributed by atoms with Crippen molar-refractivity contribution in [3.63, 3.8) is 0 Å². The van der Waals surface area contributed by atoms with Gasteiger partial charge in [-0.2, -0.15) is 0 Å². The Morgan fingerprint density at radius 1 is 1.50 bits per heavy atom. The van der Waals surface area contributed by atoms with E-state index in [0.29, 0.717) is 6.10 Å². The lowest BCUT2D eigenvalue weighted by Crippen LogP contribution is -2.39. The first-order chi connectivity index (χ1) is 7.88. The van der Waals surface area contributed by atoms with E-state index in [1.807, 2.05) is 18.3 Å². The molecule has 1 unspecified atom stereocenters. The van der Waals surface area contributed by atoms with Gasteiger partial charge in [-0.3, -0.25) is 9.88 Å². The zero-order valence-electron chi connectivity index (χ0n) is 9.93. The molecule has 1 saturated heterocycles. The van der Waals surface area contributed by atoms with Gasteiger partial charge in [0, 0.05) is 25.9 Å². The second-order valence-electron chi connectivity index (χ2n) is 4.28. The summed E-state index contributed by atoms with van der Waals surface area (Å²) in [6, 6.07) is 6.10. The summed E-state index contributed by atoms with van der Waals surface area (Å²) in [6.07, 6.45) is 4.71. The lowest BCUT2D eigenvalue weighted by atomic mass is 10.1. The van der Waals surface area contributed by atoms with E-state index in [0.717, 1.165) is 25.4 Å². The van der Waals surface area contributed by atoms with Crippen molar-refractivity contribution >= 4 is 0 Å². The Balaban J connectivity index is 1.85. The van der Waals surface area contributed by atoms with Crippen LogP contribution in [-0.4, -0.2) is 35.7 Å². The summed E-state index contributed by atoms with van der Waals surface area (Å²) in [5.74, 6) is 0. The molecule has 16 heavy (non-hydrogen) atoms. The maximum atomic E-state index is 5.69. The molecule has 88 valence electrons. The molecule has 0 amide bonds. The van der Waals surface area contributed by atoms with E-state index in [4.69, 9.17) is 4.74 Å². The quantitative estimate of drug-likeness (QED) is 0.777. The van der Waals surface area contributed by atoms with Crippen LogP contribution in [0.1, 0.15) is 25.5 Å². The molecule has 1 aromatic heterocycles. The predicted molar refractivity (Wildman–Crippen MR) is 64.2 cm³/mol. The average molecular weight is 220 g/mol. The zero-order valence-corrected chi connectivity index (χ0v) is 9.93. The topological polar surface area (TPSA) is 25.4 Å². The van der Waals surface area contributed by atoms with Gasteiger partial charge in [-0.25, -0.2) is 0 Å². The van der Waals surface area contributed by atoms with Crippen LogP contribution in [0.5, 0.6) is 0 Å². The summed E-state index contributed by atoms with van der Waals surface area (Å²) in [6.45, 7) is 6.05. The number of hydrogen-bond donors (Lipinski definition) is 0. The van der Waals surface area contributed by atoms with Crippen LogP contribution in [0.15, 0.2) is 24.4 Å². The second kappa shape index (κ2) is 5.97. The van der Waals surface area contributed by atoms with E-state index in [1.165, 1.54) is 19.4 Å². The molecule has 1 atom stereocenters. The van der Waals surface area contributed by atoms with E-state index >= 15 is 0 Å². The third kappa shape index (κ3) is 3.29. The van der Waals surface area contributed by atoms with Crippen molar-refractivity contribution in [3.8, 4) is 0 Å². The number of ether oxygens (including phenoxy) is 1. The van der Waals surface area contributed by atoms with Crippen molar-refractivity contribution in [2.45, 2.75) is 32.4 Å². The fourth-order valence-electron chi connectivity index (χ4n) is 2.25. The number of nitrogens with zero attached hydrogens (tertiary/aromatic N) is 2. The van der Waals surface area contributed by atoms with Crippen LogP contribution in [-0.2, 0) is 11.3 Å². The molecule has 0 radical (unpaired) electrons. The van der Waals surface area contributed by atoms with Gasteiger partial charge in [0.2, 0.25) is 0 Å². The summed E-state index contributed by atoms with van der Waals surface area (Å²) in [5.41, 5.74) is 1.15. The molecule has 0 spiro atoms. The summed E-state index contributed by atoms with van der Waals surface area (Å²) in [5, 5.41) is 0. The first-order valence-electron chi connectivity index (χ1n) is 6.12. The van der Waals surface area contributed by atoms with Crippen molar-refractivity contribution in [2.24, 2.45) is 0 Å². The second-order valence-corrected chi connectivity index (χ2v) is 4.28. The minimum atomic E-state index is 0.419. The molecule has 1 aliphatic heterocycles. The lowest BCUT2D eigenvalue weighted by Gasteiger charge is -2.32. The monoisotopic (exact) mass is 220 g/mol. The first kappa shape index (κ1) is 11.6. The Bertz CT molecular complexity index is 300. The molecule has 0 aliphatic carbocycles. The van der Waals surface area contributed by atoms with E-state index in [9.17, 15) is 0 Å². The van der Waals surface area contributed by atoms with Crippen LogP contribution in [0.3, 0.4) is 0 Å². The van der Waals surface area contributed by atoms with Crippen molar-refractivity contribution in [3.05, 3.63) is 30.1 Å². The lowest BCUT2D eigenvalue weighted by molar-refractivity contribution is 0.00332. The van der Waals surface area contributed by atoms with Gasteiger partial charge >= 0.3 is 0 Å². The molecule has 1 aliphatic rings. The number of likely N-dealkylation sites (tertiary alicyclic amines) is 1. The third-order valence-electron chi connectivity index (χ3n) is 2.98. The maximum Gasteiger partial charge on any atom is 0.0702 e. The Labute approximate surface area is 97.4 Å². The largest absolute Gasteiger partial charge is 0.377 e. The molecular weight excluding hydrogens is 200 g/mol. The van der Waals surface area contributed by atoms with E-state index in [1.54, 1.807) is 0 Å². The molecule has 0 aromatic carbocycles. The summed E-state index contributed by atoms with van der Waals surface area (Å²) in [7, 11) is 0. The van der Waals surface area contributed by atoms with Crippen LogP contribution < -0.4 is 0 Å². The zero-order chi connectivity index (χ0) is 11.2. The molecule has 0 bridgehead atoms. The number of hydrogen-bond acceptors (Lipinski definition) is 3. The number of aromatic nitrogens is 1. The van der Waals surface area contributed by atoms with E-state index in [2.05, 4.69) is 22.9 Å². The number of piperidine rings is 1. The summed E-state index contributed by atoms with van der Waals surface area (Å²) in [4.78, 5) is 6.80. The molecule has 3 nitrogen and oxygen atoms in total. The van der Waals surface area contributed by atoms with Crippen LogP contribution in [0.25, 0.3) is 0 Å². The van der Waals surface area contributed by atoms with Gasteiger partial charge in [0.05, 0.1) is 11.8 Å². The van der Waals surface area contributed by atoms with Crippen molar-refractivity contribution in [1.29, 1.82) is 0 Å². The minimum absolute atomic E-state index is 0.419. The van der Waals surface area contributed by atoms with Crippen LogP contribution in [0, 0.1) is 0 Å². The molecule has 0 saturated carbocycles. The highest BCUT2D eigenvalue weighted by molar-refractivity contribution is 5.03. The number of rotatable bonds is 4. The standard InChI is InChI=1S/C13H20N2O/c1-2-16-13-7-5-9-15(11-13)10-12-6-3-4-8-14-12/h3-4,6,8,13H,2,5,7,9-11H2,1H3. The van der Waals surface area contributed by atoms with Gasteiger partial charge < -0.3 is 4.74 Å². The highest BCUT2D eigenvalue weighted by Gasteiger charge is 2.19. The van der Waals surface area contributed by atoms with Crippen LogP contribution >= 0.6 is 0 Å². The van der Waals surface area contributed by atoms with E-state index in [-0.39, 0.29) is 0 Å². The third-order valence-corrected chi connectivity index (χ3v) is 2.98. The first-order valence-corrected chi connectivity index (χ1v) is 6.12. The fourth-order valence-corrected chi connectivity index (χ4v) is 2.25. The van der Waals surface area contributed by atoms with Gasteiger partial charge in [0.15, 0.2) is 0 Å². The minimum Gasteiger partial charge on any atom is -0.377 e. The number of pyridine rings is 1. The molecule has 3 heteroatoms. The van der Waals surface area contributed by atoms with Gasteiger partial charge in [-0.1, -0.05) is 6.07 Å². The van der Waals surface area contributed by atoms with Crippen molar-refractivity contribution in [1.82, 2.24) is 9.88 Å². The highest BCUT2D eigenvalue weighted by Crippen LogP contribution is 2.15. The fraction of sp³-hybridized carbons (Fsp3) is 0.615.